The lowest BCUT2D eigenvalue weighted by molar-refractivity contribution is 0.177. The van der Waals surface area contributed by atoms with Gasteiger partial charge in [0.15, 0.2) is 0 Å². The van der Waals surface area contributed by atoms with Gasteiger partial charge in [0.05, 0.1) is 0 Å². The van der Waals surface area contributed by atoms with E-state index in [0.717, 1.165) is 17.8 Å². The standard InChI is InChI=1S/C19H27F/c1-14-12-16(13-14)3-2-15-4-6-17(7-5-15)18-8-10-19(20)11-9-18/h8-11,14-17H,2-7,12-13H2,1H3. The van der Waals surface area contributed by atoms with Gasteiger partial charge in [0.25, 0.3) is 0 Å². The molecule has 2 saturated carbocycles. The number of hydrogen-bond acceptors (Lipinski definition) is 0. The maximum absolute atomic E-state index is 13.0. The highest BCUT2D eigenvalue weighted by Crippen LogP contribution is 2.41. The molecule has 0 amide bonds. The minimum atomic E-state index is -0.114. The van der Waals surface area contributed by atoms with Crippen molar-refractivity contribution < 1.29 is 4.39 Å². The van der Waals surface area contributed by atoms with Crippen molar-refractivity contribution in [2.75, 3.05) is 0 Å². The minimum Gasteiger partial charge on any atom is -0.207 e. The van der Waals surface area contributed by atoms with Crippen molar-refractivity contribution in [3.8, 4) is 0 Å². The normalized spacial score (nSPS) is 33.7. The summed E-state index contributed by atoms with van der Waals surface area (Å²) in [6.07, 6.45) is 11.2. The summed E-state index contributed by atoms with van der Waals surface area (Å²) < 4.78 is 13.0. The Bertz CT molecular complexity index is 408. The second kappa shape index (κ2) is 6.28. The van der Waals surface area contributed by atoms with Crippen LogP contribution in [-0.2, 0) is 0 Å². The van der Waals surface area contributed by atoms with Crippen LogP contribution in [0.15, 0.2) is 24.3 Å². The highest BCUT2D eigenvalue weighted by molar-refractivity contribution is 5.20. The molecule has 0 radical (unpaired) electrons. The fourth-order valence-corrected chi connectivity index (χ4v) is 4.30. The quantitative estimate of drug-likeness (QED) is 0.638. The van der Waals surface area contributed by atoms with Gasteiger partial charge in [0.1, 0.15) is 5.82 Å². The van der Waals surface area contributed by atoms with Gasteiger partial charge in [-0.1, -0.05) is 31.9 Å². The second-order valence-electron chi connectivity index (χ2n) is 7.29. The van der Waals surface area contributed by atoms with E-state index < -0.39 is 0 Å². The molecular formula is C19H27F. The largest absolute Gasteiger partial charge is 0.207 e. The van der Waals surface area contributed by atoms with Gasteiger partial charge < -0.3 is 0 Å². The zero-order chi connectivity index (χ0) is 13.9. The van der Waals surface area contributed by atoms with E-state index in [-0.39, 0.29) is 5.82 Å². The van der Waals surface area contributed by atoms with Crippen LogP contribution in [0, 0.1) is 23.6 Å². The van der Waals surface area contributed by atoms with E-state index in [2.05, 4.69) is 6.92 Å². The summed E-state index contributed by atoms with van der Waals surface area (Å²) in [5, 5.41) is 0. The predicted octanol–water partition coefficient (Wildman–Crippen LogP) is 5.93. The minimum absolute atomic E-state index is 0.114. The van der Waals surface area contributed by atoms with E-state index in [1.165, 1.54) is 56.9 Å². The summed E-state index contributed by atoms with van der Waals surface area (Å²) >= 11 is 0. The number of hydrogen-bond donors (Lipinski definition) is 0. The molecule has 0 atom stereocenters. The molecule has 20 heavy (non-hydrogen) atoms. The summed E-state index contributed by atoms with van der Waals surface area (Å²) in [4.78, 5) is 0. The molecule has 2 fully saturated rings. The highest BCUT2D eigenvalue weighted by Gasteiger charge is 2.27. The average molecular weight is 274 g/mol. The molecular weight excluding hydrogens is 247 g/mol. The Morgan fingerprint density at radius 3 is 2.10 bits per heavy atom. The first kappa shape index (κ1) is 14.1. The molecule has 0 unspecified atom stereocenters. The van der Waals surface area contributed by atoms with Crippen molar-refractivity contribution in [3.05, 3.63) is 35.6 Å². The van der Waals surface area contributed by atoms with Crippen molar-refractivity contribution in [1.29, 1.82) is 0 Å². The first-order chi connectivity index (χ1) is 9.70. The summed E-state index contributed by atoms with van der Waals surface area (Å²) in [7, 11) is 0. The molecule has 0 heterocycles. The SMILES string of the molecule is CC1CC(CCC2CCC(c3ccc(F)cc3)CC2)C1. The number of rotatable bonds is 4. The third-order valence-electron chi connectivity index (χ3n) is 5.64. The first-order valence-electron chi connectivity index (χ1n) is 8.46. The Balaban J connectivity index is 1.41. The molecule has 0 nitrogen and oxygen atoms in total. The van der Waals surface area contributed by atoms with Crippen LogP contribution < -0.4 is 0 Å². The van der Waals surface area contributed by atoms with Gasteiger partial charge in [-0.25, -0.2) is 4.39 Å². The van der Waals surface area contributed by atoms with Gasteiger partial charge in [-0.3, -0.25) is 0 Å². The molecule has 0 bridgehead atoms. The average Bonchev–Trinajstić information content (AvgIpc) is 2.44. The third-order valence-corrected chi connectivity index (χ3v) is 5.64. The van der Waals surface area contributed by atoms with Gasteiger partial charge in [0.2, 0.25) is 0 Å². The summed E-state index contributed by atoms with van der Waals surface area (Å²) in [6.45, 7) is 2.38. The van der Waals surface area contributed by atoms with Crippen molar-refractivity contribution in [3.63, 3.8) is 0 Å². The molecule has 0 N–H and O–H groups in total. The van der Waals surface area contributed by atoms with Crippen LogP contribution >= 0.6 is 0 Å². The van der Waals surface area contributed by atoms with Crippen LogP contribution in [-0.4, -0.2) is 0 Å². The van der Waals surface area contributed by atoms with Crippen LogP contribution in [0.1, 0.15) is 69.8 Å². The van der Waals surface area contributed by atoms with E-state index in [4.69, 9.17) is 0 Å². The summed E-state index contributed by atoms with van der Waals surface area (Å²) in [6, 6.07) is 7.19. The van der Waals surface area contributed by atoms with E-state index in [1.54, 1.807) is 12.1 Å². The van der Waals surface area contributed by atoms with E-state index in [9.17, 15) is 4.39 Å². The molecule has 1 heteroatoms. The van der Waals surface area contributed by atoms with Gasteiger partial charge in [-0.05, 0) is 79.9 Å². The molecule has 0 aromatic heterocycles. The van der Waals surface area contributed by atoms with Crippen molar-refractivity contribution in [2.24, 2.45) is 17.8 Å². The molecule has 1 aromatic rings. The van der Waals surface area contributed by atoms with Crippen LogP contribution in [0.2, 0.25) is 0 Å². The third kappa shape index (κ3) is 3.42. The van der Waals surface area contributed by atoms with Gasteiger partial charge in [0, 0.05) is 0 Å². The Hall–Kier alpha value is -0.850. The Labute approximate surface area is 122 Å². The predicted molar refractivity (Wildman–Crippen MR) is 82.2 cm³/mol. The molecule has 2 aliphatic carbocycles. The van der Waals surface area contributed by atoms with Crippen LogP contribution in [0.4, 0.5) is 4.39 Å². The van der Waals surface area contributed by atoms with E-state index in [1.807, 2.05) is 12.1 Å². The number of halogens is 1. The maximum atomic E-state index is 13.0. The molecule has 2 aliphatic rings. The fourth-order valence-electron chi connectivity index (χ4n) is 4.30. The monoisotopic (exact) mass is 274 g/mol. The van der Waals surface area contributed by atoms with E-state index >= 15 is 0 Å². The lowest BCUT2D eigenvalue weighted by Crippen LogP contribution is -2.22. The molecule has 0 spiro atoms. The van der Waals surface area contributed by atoms with Gasteiger partial charge in [-0.15, -0.1) is 0 Å². The lowest BCUT2D eigenvalue weighted by atomic mass is 9.71. The Kier molecular flexibility index (Phi) is 4.43. The molecule has 0 aliphatic heterocycles. The molecule has 0 saturated heterocycles. The van der Waals surface area contributed by atoms with Crippen LogP contribution in [0.5, 0.6) is 0 Å². The zero-order valence-electron chi connectivity index (χ0n) is 12.7. The molecule has 110 valence electrons. The topological polar surface area (TPSA) is 0 Å². The zero-order valence-corrected chi connectivity index (χ0v) is 12.7. The Morgan fingerprint density at radius 2 is 1.50 bits per heavy atom. The number of benzene rings is 1. The lowest BCUT2D eigenvalue weighted by Gasteiger charge is -2.35. The highest BCUT2D eigenvalue weighted by atomic mass is 19.1. The first-order valence-corrected chi connectivity index (χ1v) is 8.46. The second-order valence-corrected chi connectivity index (χ2v) is 7.29. The Morgan fingerprint density at radius 1 is 0.900 bits per heavy atom. The van der Waals surface area contributed by atoms with E-state index in [0.29, 0.717) is 5.92 Å². The molecule has 1 aromatic carbocycles. The smallest absolute Gasteiger partial charge is 0.123 e. The van der Waals surface area contributed by atoms with Gasteiger partial charge >= 0.3 is 0 Å². The summed E-state index contributed by atoms with van der Waals surface area (Å²) in [5.41, 5.74) is 1.35. The fraction of sp³-hybridized carbons (Fsp3) is 0.684. The van der Waals surface area contributed by atoms with Crippen molar-refractivity contribution in [1.82, 2.24) is 0 Å². The maximum Gasteiger partial charge on any atom is 0.123 e. The summed E-state index contributed by atoms with van der Waals surface area (Å²) in [5.74, 6) is 3.56. The van der Waals surface area contributed by atoms with Crippen LogP contribution in [0.25, 0.3) is 0 Å². The van der Waals surface area contributed by atoms with Crippen molar-refractivity contribution in [2.45, 2.75) is 64.2 Å². The van der Waals surface area contributed by atoms with Crippen LogP contribution in [0.3, 0.4) is 0 Å². The van der Waals surface area contributed by atoms with Crippen molar-refractivity contribution >= 4 is 0 Å². The molecule has 3 rings (SSSR count). The van der Waals surface area contributed by atoms with Gasteiger partial charge in [-0.2, -0.15) is 0 Å².